The van der Waals surface area contributed by atoms with Crippen LogP contribution in [0.4, 0.5) is 0 Å². The van der Waals surface area contributed by atoms with E-state index in [-0.39, 0.29) is 31.6 Å². The SMILES string of the molecule is [CH2-]C(C)(C)c1ccccc1.[O-][Si]([O-])([O-])[O-].[Zr+4]. The van der Waals surface area contributed by atoms with Gasteiger partial charge in [-0.1, -0.05) is 49.7 Å². The van der Waals surface area contributed by atoms with E-state index in [1.165, 1.54) is 5.56 Å². The summed E-state index contributed by atoms with van der Waals surface area (Å²) in [6.45, 7) is 8.27. The van der Waals surface area contributed by atoms with Crippen molar-refractivity contribution < 1.29 is 45.4 Å². The zero-order valence-corrected chi connectivity index (χ0v) is 12.7. The van der Waals surface area contributed by atoms with Crippen molar-refractivity contribution in [3.05, 3.63) is 42.8 Å². The smallest absolute Gasteiger partial charge is 0.894 e. The van der Waals surface area contributed by atoms with Gasteiger partial charge in [-0.25, -0.2) is 0 Å². The average molecular weight is 317 g/mol. The predicted molar refractivity (Wildman–Crippen MR) is 50.6 cm³/mol. The molecule has 0 spiro atoms. The topological polar surface area (TPSA) is 92.2 Å². The van der Waals surface area contributed by atoms with Gasteiger partial charge in [0.25, 0.3) is 0 Å². The Morgan fingerprint density at radius 3 is 1.50 bits per heavy atom. The summed E-state index contributed by atoms with van der Waals surface area (Å²) in [5.74, 6) is 0. The summed E-state index contributed by atoms with van der Waals surface area (Å²) in [6.07, 6.45) is 0. The molecule has 4 nitrogen and oxygen atoms in total. The minimum absolute atomic E-state index is 0. The number of hydrogen-bond acceptors (Lipinski definition) is 4. The van der Waals surface area contributed by atoms with Crippen molar-refractivity contribution in [2.45, 2.75) is 19.3 Å². The van der Waals surface area contributed by atoms with Gasteiger partial charge in [0, 0.05) is 0 Å². The third-order valence-corrected chi connectivity index (χ3v) is 1.56. The fourth-order valence-corrected chi connectivity index (χ4v) is 0.889. The molecule has 1 aromatic rings. The molecular weight excluding hydrogens is 303 g/mol. The van der Waals surface area contributed by atoms with Gasteiger partial charge < -0.3 is 35.2 Å². The molecule has 0 atom stereocenters. The van der Waals surface area contributed by atoms with Crippen molar-refractivity contribution in [1.82, 2.24) is 0 Å². The fraction of sp³-hybridized carbons (Fsp3) is 0.300. The van der Waals surface area contributed by atoms with E-state index < -0.39 is 9.05 Å². The molecular formula is C10H13O4SiZr-. The van der Waals surface area contributed by atoms with Gasteiger partial charge in [0.15, 0.2) is 0 Å². The van der Waals surface area contributed by atoms with Gasteiger partial charge in [-0.3, -0.25) is 0 Å². The van der Waals surface area contributed by atoms with E-state index in [0.29, 0.717) is 0 Å². The summed E-state index contributed by atoms with van der Waals surface area (Å²) in [6, 6.07) is 10.3. The molecule has 1 rings (SSSR count). The Hall–Kier alpha value is 0.160. The summed E-state index contributed by atoms with van der Waals surface area (Å²) < 4.78 is 0. The van der Waals surface area contributed by atoms with Crippen LogP contribution in [0.5, 0.6) is 0 Å². The van der Waals surface area contributed by atoms with Crippen molar-refractivity contribution in [1.29, 1.82) is 0 Å². The second-order valence-electron chi connectivity index (χ2n) is 3.75. The van der Waals surface area contributed by atoms with E-state index >= 15 is 0 Å². The van der Waals surface area contributed by atoms with Crippen LogP contribution in [-0.4, -0.2) is 9.05 Å². The van der Waals surface area contributed by atoms with Crippen molar-refractivity contribution in [2.75, 3.05) is 0 Å². The molecule has 0 saturated heterocycles. The van der Waals surface area contributed by atoms with Crippen LogP contribution in [0.25, 0.3) is 0 Å². The molecule has 0 fully saturated rings. The fourth-order valence-electron chi connectivity index (χ4n) is 0.889. The first-order valence-corrected chi connectivity index (χ1v) is 5.96. The third-order valence-electron chi connectivity index (χ3n) is 1.56. The first-order valence-electron chi connectivity index (χ1n) is 4.33. The van der Waals surface area contributed by atoms with Crippen molar-refractivity contribution >= 4 is 9.05 Å². The van der Waals surface area contributed by atoms with E-state index in [2.05, 4.69) is 32.9 Å². The van der Waals surface area contributed by atoms with Crippen LogP contribution in [0.1, 0.15) is 19.4 Å². The molecule has 0 aliphatic rings. The molecule has 0 aromatic heterocycles. The van der Waals surface area contributed by atoms with Gasteiger partial charge in [-0.05, 0) is 0 Å². The maximum absolute atomic E-state index is 8.58. The molecule has 16 heavy (non-hydrogen) atoms. The Morgan fingerprint density at radius 1 is 1.00 bits per heavy atom. The molecule has 0 bridgehead atoms. The maximum Gasteiger partial charge on any atom is 4.00 e. The monoisotopic (exact) mass is 315 g/mol. The van der Waals surface area contributed by atoms with Crippen molar-refractivity contribution in [3.63, 3.8) is 0 Å². The van der Waals surface area contributed by atoms with Crippen LogP contribution >= 0.6 is 0 Å². The molecule has 6 heteroatoms. The van der Waals surface area contributed by atoms with Gasteiger partial charge in [0.05, 0.1) is 0 Å². The Bertz CT molecular complexity index is 273. The van der Waals surface area contributed by atoms with Crippen LogP contribution < -0.4 is 19.2 Å². The Labute approximate surface area is 116 Å². The van der Waals surface area contributed by atoms with Crippen molar-refractivity contribution in [3.8, 4) is 0 Å². The van der Waals surface area contributed by atoms with Crippen LogP contribution in [-0.2, 0) is 31.6 Å². The molecule has 0 aliphatic heterocycles. The summed E-state index contributed by atoms with van der Waals surface area (Å²) >= 11 is 0. The number of benzene rings is 1. The van der Waals surface area contributed by atoms with Crippen LogP contribution in [0.3, 0.4) is 0 Å². The van der Waals surface area contributed by atoms with Gasteiger partial charge in [-0.2, -0.15) is 0 Å². The average Bonchev–Trinajstić information content (AvgIpc) is 2.01. The largest absolute Gasteiger partial charge is 4.00 e. The summed E-state index contributed by atoms with van der Waals surface area (Å²) in [7, 11) is -5.61. The summed E-state index contributed by atoms with van der Waals surface area (Å²) in [5, 5.41) is 0. The second kappa shape index (κ2) is 7.48. The van der Waals surface area contributed by atoms with Gasteiger partial charge in [0.1, 0.15) is 0 Å². The Morgan fingerprint density at radius 2 is 1.31 bits per heavy atom. The molecule has 0 amide bonds. The molecule has 86 valence electrons. The summed E-state index contributed by atoms with van der Waals surface area (Å²) in [4.78, 5) is 34.3. The molecule has 0 saturated carbocycles. The van der Waals surface area contributed by atoms with E-state index in [1.807, 2.05) is 18.2 Å². The van der Waals surface area contributed by atoms with Crippen molar-refractivity contribution in [2.24, 2.45) is 0 Å². The zero-order chi connectivity index (χ0) is 12.1. The van der Waals surface area contributed by atoms with E-state index in [9.17, 15) is 0 Å². The Balaban J connectivity index is 0. The van der Waals surface area contributed by atoms with Gasteiger partial charge in [0.2, 0.25) is 0 Å². The summed E-state index contributed by atoms with van der Waals surface area (Å²) in [5.41, 5.74) is 1.33. The minimum atomic E-state index is -5.61. The van der Waals surface area contributed by atoms with E-state index in [1.54, 1.807) is 0 Å². The number of rotatable bonds is 1. The van der Waals surface area contributed by atoms with Gasteiger partial charge in [-0.15, -0.1) is 5.41 Å². The first-order chi connectivity index (χ1) is 6.61. The molecule has 0 radical (unpaired) electrons. The minimum Gasteiger partial charge on any atom is -0.894 e. The van der Waals surface area contributed by atoms with Crippen LogP contribution in [0.15, 0.2) is 30.3 Å². The van der Waals surface area contributed by atoms with Crippen LogP contribution in [0.2, 0.25) is 0 Å². The standard InChI is InChI=1S/C10H13.O4Si.Zr/c1-10(2,3)9-7-5-4-6-8-9;1-5(2,3)4;/h4-8H,1H2,2-3H3;;/q-1;-4;+4. The molecule has 0 aliphatic carbocycles. The quantitative estimate of drug-likeness (QED) is 0.429. The molecule has 0 heterocycles. The van der Waals surface area contributed by atoms with E-state index in [4.69, 9.17) is 19.2 Å². The third kappa shape index (κ3) is 12.2. The molecule has 0 unspecified atom stereocenters. The maximum atomic E-state index is 8.58. The normalized spacial score (nSPS) is 10.9. The number of hydrogen-bond donors (Lipinski definition) is 0. The van der Waals surface area contributed by atoms with Gasteiger partial charge >= 0.3 is 26.2 Å². The van der Waals surface area contributed by atoms with E-state index in [0.717, 1.165) is 0 Å². The van der Waals surface area contributed by atoms with Crippen LogP contribution in [0, 0.1) is 6.92 Å². The molecule has 0 N–H and O–H groups in total. The first kappa shape index (κ1) is 18.5. The second-order valence-corrected chi connectivity index (χ2v) is 4.75. The molecule has 1 aromatic carbocycles. The zero-order valence-electron chi connectivity index (χ0n) is 9.23. The Kier molecular flexibility index (Phi) is 8.66. The predicted octanol–water partition coefficient (Wildman–Crippen LogP) is -2.34.